The molecule has 0 aliphatic carbocycles. The summed E-state index contributed by atoms with van der Waals surface area (Å²) in [6.07, 6.45) is 1.38. The highest BCUT2D eigenvalue weighted by Crippen LogP contribution is 2.28. The van der Waals surface area contributed by atoms with Gasteiger partial charge in [0.25, 0.3) is 0 Å². The number of nitriles is 1. The SMILES string of the molecule is CC(Nc1nccc(C#N)c1[N+](=O)[O-])c1ccccc1. The monoisotopic (exact) mass is 268 g/mol. The Hall–Kier alpha value is -2.94. The number of nitro groups is 1. The molecule has 1 aromatic carbocycles. The summed E-state index contributed by atoms with van der Waals surface area (Å²) in [5.41, 5.74) is 0.677. The highest BCUT2D eigenvalue weighted by atomic mass is 16.6. The number of pyridine rings is 1. The third-order valence-corrected chi connectivity index (χ3v) is 2.88. The number of hydrogen-bond acceptors (Lipinski definition) is 5. The number of nitrogens with one attached hydrogen (secondary N) is 1. The van der Waals surface area contributed by atoms with Crippen molar-refractivity contribution in [2.75, 3.05) is 5.32 Å². The molecule has 0 amide bonds. The van der Waals surface area contributed by atoms with Crippen LogP contribution in [0.5, 0.6) is 0 Å². The molecular formula is C14H12N4O2. The largest absolute Gasteiger partial charge is 0.358 e. The van der Waals surface area contributed by atoms with Crippen LogP contribution in [-0.4, -0.2) is 9.91 Å². The van der Waals surface area contributed by atoms with E-state index in [2.05, 4.69) is 10.3 Å². The number of benzene rings is 1. The third kappa shape index (κ3) is 2.72. The lowest BCUT2D eigenvalue weighted by atomic mass is 10.1. The van der Waals surface area contributed by atoms with Crippen LogP contribution in [0.4, 0.5) is 11.5 Å². The first kappa shape index (κ1) is 13.5. The van der Waals surface area contributed by atoms with Gasteiger partial charge in [0.05, 0.1) is 11.0 Å². The fourth-order valence-corrected chi connectivity index (χ4v) is 1.86. The normalized spacial score (nSPS) is 11.4. The van der Waals surface area contributed by atoms with Crippen LogP contribution < -0.4 is 5.32 Å². The molecule has 0 aliphatic rings. The molecule has 0 saturated carbocycles. The van der Waals surface area contributed by atoms with E-state index in [1.807, 2.05) is 43.3 Å². The first-order valence-electron chi connectivity index (χ1n) is 5.98. The third-order valence-electron chi connectivity index (χ3n) is 2.88. The molecule has 0 fully saturated rings. The zero-order valence-electron chi connectivity index (χ0n) is 10.8. The van der Waals surface area contributed by atoms with E-state index in [-0.39, 0.29) is 23.1 Å². The van der Waals surface area contributed by atoms with Gasteiger partial charge in [-0.3, -0.25) is 10.1 Å². The molecule has 1 aromatic heterocycles. The minimum absolute atomic E-state index is 0.00670. The van der Waals surface area contributed by atoms with Crippen molar-refractivity contribution in [1.29, 1.82) is 5.26 Å². The van der Waals surface area contributed by atoms with Gasteiger partial charge in [0, 0.05) is 6.20 Å². The van der Waals surface area contributed by atoms with E-state index in [9.17, 15) is 10.1 Å². The molecule has 1 atom stereocenters. The molecule has 0 aliphatic heterocycles. The van der Waals surface area contributed by atoms with Gasteiger partial charge in [-0.05, 0) is 18.6 Å². The minimum atomic E-state index is -0.592. The summed E-state index contributed by atoms with van der Waals surface area (Å²) in [6, 6.07) is 12.5. The first-order chi connectivity index (χ1) is 9.63. The van der Waals surface area contributed by atoms with Gasteiger partial charge in [-0.1, -0.05) is 30.3 Å². The predicted octanol–water partition coefficient (Wildman–Crippen LogP) is 3.03. The van der Waals surface area contributed by atoms with Gasteiger partial charge in [-0.15, -0.1) is 0 Å². The van der Waals surface area contributed by atoms with E-state index in [1.54, 1.807) is 0 Å². The lowest BCUT2D eigenvalue weighted by molar-refractivity contribution is -0.384. The number of anilines is 1. The Morgan fingerprint density at radius 3 is 2.65 bits per heavy atom. The van der Waals surface area contributed by atoms with E-state index in [0.717, 1.165) is 5.56 Å². The van der Waals surface area contributed by atoms with Crippen LogP contribution in [0.3, 0.4) is 0 Å². The quantitative estimate of drug-likeness (QED) is 0.679. The maximum Gasteiger partial charge on any atom is 0.328 e. The summed E-state index contributed by atoms with van der Waals surface area (Å²) in [7, 11) is 0. The molecule has 2 rings (SSSR count). The number of hydrogen-bond donors (Lipinski definition) is 1. The van der Waals surface area contributed by atoms with Gasteiger partial charge < -0.3 is 5.32 Å². The van der Waals surface area contributed by atoms with Crippen molar-refractivity contribution < 1.29 is 4.92 Å². The van der Waals surface area contributed by atoms with Gasteiger partial charge in [0.15, 0.2) is 0 Å². The molecular weight excluding hydrogens is 256 g/mol. The molecule has 1 unspecified atom stereocenters. The Labute approximate surface area is 115 Å². The van der Waals surface area contributed by atoms with E-state index in [0.29, 0.717) is 0 Å². The summed E-state index contributed by atoms with van der Waals surface area (Å²) in [4.78, 5) is 14.5. The molecule has 6 nitrogen and oxygen atoms in total. The number of aromatic nitrogens is 1. The predicted molar refractivity (Wildman–Crippen MR) is 74.1 cm³/mol. The van der Waals surface area contributed by atoms with Crippen molar-refractivity contribution in [1.82, 2.24) is 4.98 Å². The zero-order chi connectivity index (χ0) is 14.5. The van der Waals surface area contributed by atoms with Crippen LogP contribution in [0.25, 0.3) is 0 Å². The van der Waals surface area contributed by atoms with Crippen molar-refractivity contribution in [3.05, 3.63) is 63.8 Å². The Morgan fingerprint density at radius 2 is 2.05 bits per heavy atom. The maximum atomic E-state index is 11.1. The smallest absolute Gasteiger partial charge is 0.328 e. The molecule has 20 heavy (non-hydrogen) atoms. The topological polar surface area (TPSA) is 91.8 Å². The second-order valence-corrected chi connectivity index (χ2v) is 4.20. The number of nitrogens with zero attached hydrogens (tertiary/aromatic N) is 3. The molecule has 2 aromatic rings. The van der Waals surface area contributed by atoms with E-state index in [4.69, 9.17) is 5.26 Å². The summed E-state index contributed by atoms with van der Waals surface area (Å²) in [6.45, 7) is 1.87. The van der Waals surface area contributed by atoms with E-state index in [1.165, 1.54) is 12.3 Å². The molecule has 0 saturated heterocycles. The molecule has 0 spiro atoms. The highest BCUT2D eigenvalue weighted by molar-refractivity contribution is 5.64. The van der Waals surface area contributed by atoms with Crippen molar-refractivity contribution in [3.8, 4) is 6.07 Å². The van der Waals surface area contributed by atoms with Crippen LogP contribution in [0.2, 0.25) is 0 Å². The number of rotatable bonds is 4. The fourth-order valence-electron chi connectivity index (χ4n) is 1.86. The minimum Gasteiger partial charge on any atom is -0.358 e. The lowest BCUT2D eigenvalue weighted by Crippen LogP contribution is -2.10. The van der Waals surface area contributed by atoms with Crippen molar-refractivity contribution in [3.63, 3.8) is 0 Å². The van der Waals surface area contributed by atoms with Crippen LogP contribution >= 0.6 is 0 Å². The van der Waals surface area contributed by atoms with Crippen LogP contribution in [0, 0.1) is 21.4 Å². The van der Waals surface area contributed by atoms with Gasteiger partial charge in [0.2, 0.25) is 5.82 Å². The Balaban J connectivity index is 2.35. The molecule has 0 radical (unpaired) electrons. The van der Waals surface area contributed by atoms with Crippen molar-refractivity contribution >= 4 is 11.5 Å². The van der Waals surface area contributed by atoms with Gasteiger partial charge in [-0.2, -0.15) is 5.26 Å². The summed E-state index contributed by atoms with van der Waals surface area (Å²) < 4.78 is 0. The average molecular weight is 268 g/mol. The van der Waals surface area contributed by atoms with Crippen molar-refractivity contribution in [2.45, 2.75) is 13.0 Å². The maximum absolute atomic E-state index is 11.1. The molecule has 100 valence electrons. The van der Waals surface area contributed by atoms with Gasteiger partial charge in [-0.25, -0.2) is 4.98 Å². The second-order valence-electron chi connectivity index (χ2n) is 4.20. The molecule has 1 heterocycles. The Kier molecular flexibility index (Phi) is 3.91. The van der Waals surface area contributed by atoms with Gasteiger partial charge in [0.1, 0.15) is 11.6 Å². The highest BCUT2D eigenvalue weighted by Gasteiger charge is 2.22. The van der Waals surface area contributed by atoms with E-state index < -0.39 is 4.92 Å². The summed E-state index contributed by atoms with van der Waals surface area (Å²) in [5.74, 6) is 0.102. The Morgan fingerprint density at radius 1 is 1.35 bits per heavy atom. The summed E-state index contributed by atoms with van der Waals surface area (Å²) >= 11 is 0. The average Bonchev–Trinajstić information content (AvgIpc) is 2.47. The second kappa shape index (κ2) is 5.80. The van der Waals surface area contributed by atoms with Crippen LogP contribution in [0.1, 0.15) is 24.1 Å². The first-order valence-corrected chi connectivity index (χ1v) is 5.98. The molecule has 1 N–H and O–H groups in total. The lowest BCUT2D eigenvalue weighted by Gasteiger charge is -2.14. The Bertz CT molecular complexity index is 665. The van der Waals surface area contributed by atoms with Crippen molar-refractivity contribution in [2.24, 2.45) is 0 Å². The zero-order valence-corrected chi connectivity index (χ0v) is 10.8. The molecule has 0 bridgehead atoms. The molecule has 6 heteroatoms. The fraction of sp³-hybridized carbons (Fsp3) is 0.143. The summed E-state index contributed by atoms with van der Waals surface area (Å²) in [5, 5.41) is 23.0. The standard InChI is InChI=1S/C14H12N4O2/c1-10(11-5-3-2-4-6-11)17-14-13(18(19)20)12(9-15)7-8-16-14/h2-8,10H,1H3,(H,16,17). The van der Waals surface area contributed by atoms with E-state index >= 15 is 0 Å². The van der Waals surface area contributed by atoms with Crippen LogP contribution in [-0.2, 0) is 0 Å². The van der Waals surface area contributed by atoms with Gasteiger partial charge >= 0.3 is 5.69 Å². The van der Waals surface area contributed by atoms with Crippen LogP contribution in [0.15, 0.2) is 42.6 Å².